The van der Waals surface area contributed by atoms with Crippen molar-refractivity contribution in [1.29, 1.82) is 0 Å². The Bertz CT molecular complexity index is 853. The second kappa shape index (κ2) is 7.47. The number of esters is 1. The number of carbonyl (C=O) groups excluding carboxylic acids is 2. The molecule has 9 heteroatoms. The Hall–Kier alpha value is -3.36. The van der Waals surface area contributed by atoms with Gasteiger partial charge in [0, 0.05) is 17.7 Å². The van der Waals surface area contributed by atoms with E-state index in [1.807, 2.05) is 0 Å². The zero-order valence-electron chi connectivity index (χ0n) is 12.8. The third-order valence-electron chi connectivity index (χ3n) is 3.19. The number of methoxy groups -OCH3 is 1. The van der Waals surface area contributed by atoms with Crippen LogP contribution >= 0.6 is 0 Å². The van der Waals surface area contributed by atoms with Gasteiger partial charge in [0.05, 0.1) is 12.0 Å². The molecule has 0 aliphatic rings. The first-order chi connectivity index (χ1) is 11.8. The SMILES string of the molecule is COc1ccc([N+](=O)[O-])cc1C(=O)OCC(=O)c1ccc(F)c(F)c1. The van der Waals surface area contributed by atoms with Crippen LogP contribution in [0.3, 0.4) is 0 Å². The molecule has 2 aromatic rings. The molecule has 0 amide bonds. The molecule has 0 aliphatic carbocycles. The van der Waals surface area contributed by atoms with E-state index in [4.69, 9.17) is 9.47 Å². The molecular formula is C16H11F2NO6. The first kappa shape index (κ1) is 18.0. The van der Waals surface area contributed by atoms with Crippen LogP contribution in [0.5, 0.6) is 5.75 Å². The summed E-state index contributed by atoms with van der Waals surface area (Å²) >= 11 is 0. The van der Waals surface area contributed by atoms with E-state index in [0.29, 0.717) is 6.07 Å². The highest BCUT2D eigenvalue weighted by atomic mass is 19.2. The number of hydrogen-bond acceptors (Lipinski definition) is 6. The standard InChI is InChI=1S/C16H11F2NO6/c1-24-15-5-3-10(19(22)23)7-11(15)16(21)25-8-14(20)9-2-4-12(17)13(18)6-9/h2-7H,8H2,1H3. The van der Waals surface area contributed by atoms with E-state index in [-0.39, 0.29) is 22.6 Å². The number of benzene rings is 2. The van der Waals surface area contributed by atoms with Crippen molar-refractivity contribution < 1.29 is 32.8 Å². The molecule has 0 heterocycles. The lowest BCUT2D eigenvalue weighted by Crippen LogP contribution is -2.15. The predicted octanol–water partition coefficient (Wildman–Crippen LogP) is 2.92. The van der Waals surface area contributed by atoms with Gasteiger partial charge in [-0.3, -0.25) is 14.9 Å². The number of rotatable bonds is 6. The molecule has 2 rings (SSSR count). The summed E-state index contributed by atoms with van der Waals surface area (Å²) in [6.07, 6.45) is 0. The summed E-state index contributed by atoms with van der Waals surface area (Å²) in [7, 11) is 1.25. The third kappa shape index (κ3) is 4.14. The summed E-state index contributed by atoms with van der Waals surface area (Å²) in [6.45, 7) is -0.754. The topological polar surface area (TPSA) is 95.7 Å². The van der Waals surface area contributed by atoms with Gasteiger partial charge in [-0.2, -0.15) is 0 Å². The normalized spacial score (nSPS) is 10.2. The fraction of sp³-hybridized carbons (Fsp3) is 0.125. The monoisotopic (exact) mass is 351 g/mol. The van der Waals surface area contributed by atoms with Crippen LogP contribution in [0, 0.1) is 21.7 Å². The zero-order chi connectivity index (χ0) is 18.6. The van der Waals surface area contributed by atoms with Crippen LogP contribution in [0.25, 0.3) is 0 Å². The molecule has 0 saturated heterocycles. The number of nitro benzene ring substituents is 1. The summed E-state index contributed by atoms with van der Waals surface area (Å²) in [5.41, 5.74) is -0.785. The Morgan fingerprint density at radius 3 is 2.44 bits per heavy atom. The number of ether oxygens (including phenoxy) is 2. The number of ketones is 1. The highest BCUT2D eigenvalue weighted by Gasteiger charge is 2.20. The fourth-order valence-electron chi connectivity index (χ4n) is 1.93. The quantitative estimate of drug-likeness (QED) is 0.344. The van der Waals surface area contributed by atoms with E-state index in [9.17, 15) is 28.5 Å². The van der Waals surface area contributed by atoms with Crippen LogP contribution in [0.15, 0.2) is 36.4 Å². The second-order valence-electron chi connectivity index (χ2n) is 4.77. The number of carbonyl (C=O) groups is 2. The van der Waals surface area contributed by atoms with Gasteiger partial charge in [0.25, 0.3) is 5.69 Å². The molecule has 130 valence electrons. The van der Waals surface area contributed by atoms with Gasteiger partial charge in [-0.05, 0) is 24.3 Å². The molecule has 0 fully saturated rings. The fourth-order valence-corrected chi connectivity index (χ4v) is 1.93. The van der Waals surface area contributed by atoms with E-state index < -0.39 is 34.9 Å². The van der Waals surface area contributed by atoms with Crippen LogP contribution in [-0.2, 0) is 4.74 Å². The maximum atomic E-state index is 13.1. The second-order valence-corrected chi connectivity index (χ2v) is 4.77. The Morgan fingerprint density at radius 2 is 1.84 bits per heavy atom. The Labute approximate surface area is 139 Å². The Kier molecular flexibility index (Phi) is 5.38. The smallest absolute Gasteiger partial charge is 0.342 e. The van der Waals surface area contributed by atoms with Crippen LogP contribution in [0.4, 0.5) is 14.5 Å². The molecule has 0 atom stereocenters. The van der Waals surface area contributed by atoms with Crippen molar-refractivity contribution in [2.75, 3.05) is 13.7 Å². The summed E-state index contributed by atoms with van der Waals surface area (Å²) < 4.78 is 35.7. The number of nitrogens with zero attached hydrogens (tertiary/aromatic N) is 1. The van der Waals surface area contributed by atoms with Gasteiger partial charge in [0.1, 0.15) is 11.3 Å². The maximum Gasteiger partial charge on any atom is 0.342 e. The van der Waals surface area contributed by atoms with Crippen LogP contribution in [0.1, 0.15) is 20.7 Å². The minimum atomic E-state index is -1.21. The summed E-state index contributed by atoms with van der Waals surface area (Å²) in [6, 6.07) is 5.80. The lowest BCUT2D eigenvalue weighted by molar-refractivity contribution is -0.384. The molecule has 0 spiro atoms. The van der Waals surface area contributed by atoms with Gasteiger partial charge in [-0.25, -0.2) is 13.6 Å². The van der Waals surface area contributed by atoms with Crippen molar-refractivity contribution in [3.8, 4) is 5.75 Å². The molecule has 0 N–H and O–H groups in total. The van der Waals surface area contributed by atoms with Gasteiger partial charge in [0.15, 0.2) is 24.0 Å². The van der Waals surface area contributed by atoms with E-state index in [0.717, 1.165) is 24.3 Å². The Balaban J connectivity index is 2.14. The summed E-state index contributed by atoms with van der Waals surface area (Å²) in [4.78, 5) is 34.0. The van der Waals surface area contributed by atoms with Crippen LogP contribution in [0.2, 0.25) is 0 Å². The lowest BCUT2D eigenvalue weighted by Gasteiger charge is -2.08. The molecular weight excluding hydrogens is 340 g/mol. The molecule has 0 radical (unpaired) electrons. The van der Waals surface area contributed by atoms with Gasteiger partial charge in [-0.15, -0.1) is 0 Å². The van der Waals surface area contributed by atoms with Crippen molar-refractivity contribution in [3.63, 3.8) is 0 Å². The van der Waals surface area contributed by atoms with Gasteiger partial charge < -0.3 is 9.47 Å². The average molecular weight is 351 g/mol. The molecule has 7 nitrogen and oxygen atoms in total. The lowest BCUT2D eigenvalue weighted by atomic mass is 10.1. The van der Waals surface area contributed by atoms with E-state index in [1.165, 1.54) is 13.2 Å². The number of hydrogen-bond donors (Lipinski definition) is 0. The predicted molar refractivity (Wildman–Crippen MR) is 80.6 cm³/mol. The minimum Gasteiger partial charge on any atom is -0.496 e. The highest BCUT2D eigenvalue weighted by Crippen LogP contribution is 2.24. The van der Waals surface area contributed by atoms with Crippen molar-refractivity contribution in [1.82, 2.24) is 0 Å². The first-order valence-corrected chi connectivity index (χ1v) is 6.81. The average Bonchev–Trinajstić information content (AvgIpc) is 2.60. The number of non-ortho nitro benzene ring substituents is 1. The van der Waals surface area contributed by atoms with Crippen LogP contribution in [-0.4, -0.2) is 30.4 Å². The number of Topliss-reactive ketones (excluding diaryl/α,β-unsaturated/α-hetero) is 1. The van der Waals surface area contributed by atoms with Gasteiger partial charge >= 0.3 is 5.97 Å². The van der Waals surface area contributed by atoms with Crippen LogP contribution < -0.4 is 4.74 Å². The number of nitro groups is 1. The highest BCUT2D eigenvalue weighted by molar-refractivity contribution is 6.00. The molecule has 0 unspecified atom stereocenters. The van der Waals surface area contributed by atoms with Crippen molar-refractivity contribution >= 4 is 17.4 Å². The first-order valence-electron chi connectivity index (χ1n) is 6.81. The maximum absolute atomic E-state index is 13.1. The van der Waals surface area contributed by atoms with Gasteiger partial charge in [-0.1, -0.05) is 0 Å². The third-order valence-corrected chi connectivity index (χ3v) is 3.19. The molecule has 0 aromatic heterocycles. The summed E-state index contributed by atoms with van der Waals surface area (Å²) in [5.74, 6) is -4.10. The Morgan fingerprint density at radius 1 is 1.12 bits per heavy atom. The van der Waals surface area contributed by atoms with Crippen molar-refractivity contribution in [2.24, 2.45) is 0 Å². The summed E-state index contributed by atoms with van der Waals surface area (Å²) in [5, 5.41) is 10.8. The molecule has 25 heavy (non-hydrogen) atoms. The van der Waals surface area contributed by atoms with Crippen molar-refractivity contribution in [2.45, 2.75) is 0 Å². The van der Waals surface area contributed by atoms with Gasteiger partial charge in [0.2, 0.25) is 0 Å². The van der Waals surface area contributed by atoms with E-state index in [1.54, 1.807) is 0 Å². The molecule has 2 aromatic carbocycles. The van der Waals surface area contributed by atoms with E-state index >= 15 is 0 Å². The minimum absolute atomic E-state index is 0.0240. The van der Waals surface area contributed by atoms with E-state index in [2.05, 4.69) is 0 Å². The molecule has 0 saturated carbocycles. The zero-order valence-corrected chi connectivity index (χ0v) is 12.8. The molecule has 0 aliphatic heterocycles. The number of halogens is 2. The largest absolute Gasteiger partial charge is 0.496 e. The molecule has 0 bridgehead atoms. The van der Waals surface area contributed by atoms with Crippen molar-refractivity contribution in [3.05, 3.63) is 69.3 Å².